The summed E-state index contributed by atoms with van der Waals surface area (Å²) in [6.45, 7) is 1.91. The lowest BCUT2D eigenvalue weighted by Gasteiger charge is -2.04. The van der Waals surface area contributed by atoms with E-state index in [9.17, 15) is 10.1 Å². The zero-order chi connectivity index (χ0) is 10.8. The van der Waals surface area contributed by atoms with Gasteiger partial charge in [0.2, 0.25) is 5.75 Å². The molecule has 5 heteroatoms. The molecule has 0 N–H and O–H groups in total. The summed E-state index contributed by atoms with van der Waals surface area (Å²) in [5.74, 6) is 0.126. The highest BCUT2D eigenvalue weighted by Gasteiger charge is 2.28. The molecular weight excluding hydrogens is 196 g/mol. The molecule has 1 aromatic rings. The SMILES string of the molecule is CCc1ccc(OC2CC2)c([N+](=O)[O-])n1. The van der Waals surface area contributed by atoms with Gasteiger partial charge in [0.15, 0.2) is 5.69 Å². The van der Waals surface area contributed by atoms with Crippen LogP contribution in [0, 0.1) is 10.1 Å². The Bertz CT molecular complexity index is 388. The van der Waals surface area contributed by atoms with E-state index in [4.69, 9.17) is 4.74 Å². The van der Waals surface area contributed by atoms with Crippen molar-refractivity contribution in [1.29, 1.82) is 0 Å². The first-order valence-electron chi connectivity index (χ1n) is 5.01. The van der Waals surface area contributed by atoms with Gasteiger partial charge in [-0.05, 0) is 34.9 Å². The van der Waals surface area contributed by atoms with E-state index in [0.717, 1.165) is 12.8 Å². The summed E-state index contributed by atoms with van der Waals surface area (Å²) < 4.78 is 5.41. The van der Waals surface area contributed by atoms with Gasteiger partial charge in [0.05, 0.1) is 6.10 Å². The lowest BCUT2D eigenvalue weighted by Crippen LogP contribution is -2.03. The second-order valence-corrected chi connectivity index (χ2v) is 3.55. The van der Waals surface area contributed by atoms with Crippen LogP contribution >= 0.6 is 0 Å². The number of ether oxygens (including phenoxy) is 1. The maximum absolute atomic E-state index is 10.8. The molecule has 80 valence electrons. The Hall–Kier alpha value is -1.65. The lowest BCUT2D eigenvalue weighted by atomic mass is 10.3. The third-order valence-electron chi connectivity index (χ3n) is 2.25. The molecule has 0 aliphatic heterocycles. The Labute approximate surface area is 87.2 Å². The van der Waals surface area contributed by atoms with Gasteiger partial charge in [-0.3, -0.25) is 0 Å². The number of nitro groups is 1. The van der Waals surface area contributed by atoms with E-state index in [1.807, 2.05) is 6.92 Å². The minimum Gasteiger partial charge on any atom is -0.482 e. The number of pyridine rings is 1. The fourth-order valence-electron chi connectivity index (χ4n) is 1.26. The minimum absolute atomic E-state index is 0.151. The molecule has 1 aliphatic carbocycles. The van der Waals surface area contributed by atoms with E-state index < -0.39 is 4.92 Å². The van der Waals surface area contributed by atoms with Crippen LogP contribution in [0.2, 0.25) is 0 Å². The maximum atomic E-state index is 10.8. The standard InChI is InChI=1S/C10H12N2O3/c1-2-7-3-6-9(15-8-4-5-8)10(11-7)12(13)14/h3,6,8H,2,4-5H2,1H3. The molecule has 0 radical (unpaired) electrons. The molecular formula is C10H12N2O3. The van der Waals surface area contributed by atoms with Gasteiger partial charge in [-0.2, -0.15) is 0 Å². The zero-order valence-corrected chi connectivity index (χ0v) is 8.47. The Morgan fingerprint density at radius 1 is 1.60 bits per heavy atom. The summed E-state index contributed by atoms with van der Waals surface area (Å²) in [6.07, 6.45) is 2.79. The summed E-state index contributed by atoms with van der Waals surface area (Å²) in [5.41, 5.74) is 0.713. The molecule has 0 unspecified atom stereocenters. The lowest BCUT2D eigenvalue weighted by molar-refractivity contribution is -0.390. The summed E-state index contributed by atoms with van der Waals surface area (Å²) in [5, 5.41) is 10.8. The van der Waals surface area contributed by atoms with Crippen molar-refractivity contribution in [1.82, 2.24) is 4.98 Å². The van der Waals surface area contributed by atoms with Crippen molar-refractivity contribution in [2.24, 2.45) is 0 Å². The van der Waals surface area contributed by atoms with Crippen molar-refractivity contribution in [3.05, 3.63) is 27.9 Å². The van der Waals surface area contributed by atoms with Crippen LogP contribution in [0.3, 0.4) is 0 Å². The summed E-state index contributed by atoms with van der Waals surface area (Å²) >= 11 is 0. The third-order valence-corrected chi connectivity index (χ3v) is 2.25. The van der Waals surface area contributed by atoms with Crippen LogP contribution in [0.1, 0.15) is 25.5 Å². The molecule has 1 heterocycles. The average molecular weight is 208 g/mol. The molecule has 0 saturated heterocycles. The molecule has 0 atom stereocenters. The Morgan fingerprint density at radius 2 is 2.33 bits per heavy atom. The third kappa shape index (κ3) is 2.23. The first kappa shape index (κ1) is 9.89. The smallest absolute Gasteiger partial charge is 0.406 e. The number of hydrogen-bond acceptors (Lipinski definition) is 4. The quantitative estimate of drug-likeness (QED) is 0.561. The van der Waals surface area contributed by atoms with Crippen LogP contribution in [-0.2, 0) is 6.42 Å². The van der Waals surface area contributed by atoms with E-state index in [2.05, 4.69) is 4.98 Å². The fourth-order valence-corrected chi connectivity index (χ4v) is 1.26. The van der Waals surface area contributed by atoms with Crippen molar-refractivity contribution < 1.29 is 9.66 Å². The molecule has 15 heavy (non-hydrogen) atoms. The van der Waals surface area contributed by atoms with E-state index in [1.165, 1.54) is 0 Å². The second-order valence-electron chi connectivity index (χ2n) is 3.55. The molecule has 0 aromatic carbocycles. The van der Waals surface area contributed by atoms with Gasteiger partial charge >= 0.3 is 5.82 Å². The minimum atomic E-state index is -0.489. The van der Waals surface area contributed by atoms with E-state index >= 15 is 0 Å². The van der Waals surface area contributed by atoms with Crippen LogP contribution in [-0.4, -0.2) is 16.0 Å². The van der Waals surface area contributed by atoms with Gasteiger partial charge < -0.3 is 14.9 Å². The van der Waals surface area contributed by atoms with Gasteiger partial charge in [0, 0.05) is 6.42 Å². The molecule has 1 aromatic heterocycles. The number of hydrogen-bond donors (Lipinski definition) is 0. The number of aryl methyl sites for hydroxylation is 1. The molecule has 1 fully saturated rings. The highest BCUT2D eigenvalue weighted by atomic mass is 16.6. The Kier molecular flexibility index (Phi) is 2.53. The van der Waals surface area contributed by atoms with Crippen LogP contribution in [0.4, 0.5) is 5.82 Å². The fraction of sp³-hybridized carbons (Fsp3) is 0.500. The second kappa shape index (κ2) is 3.84. The number of nitrogens with zero attached hydrogens (tertiary/aromatic N) is 2. The summed E-state index contributed by atoms with van der Waals surface area (Å²) in [4.78, 5) is 14.2. The van der Waals surface area contributed by atoms with Crippen LogP contribution in [0.15, 0.2) is 12.1 Å². The molecule has 2 rings (SSSR count). The topological polar surface area (TPSA) is 65.3 Å². The van der Waals surface area contributed by atoms with Crippen molar-refractivity contribution in [3.8, 4) is 5.75 Å². The van der Waals surface area contributed by atoms with Gasteiger partial charge in [0.25, 0.3) is 0 Å². The summed E-state index contributed by atoms with van der Waals surface area (Å²) in [6, 6.07) is 3.41. The normalized spacial score (nSPS) is 15.0. The summed E-state index contributed by atoms with van der Waals surface area (Å²) in [7, 11) is 0. The van der Waals surface area contributed by atoms with E-state index in [1.54, 1.807) is 12.1 Å². The van der Waals surface area contributed by atoms with Crippen molar-refractivity contribution in [3.63, 3.8) is 0 Å². The maximum Gasteiger partial charge on any atom is 0.406 e. The number of aromatic nitrogens is 1. The van der Waals surface area contributed by atoms with Crippen molar-refractivity contribution in [2.75, 3.05) is 0 Å². The van der Waals surface area contributed by atoms with Gasteiger partial charge in [-0.25, -0.2) is 0 Å². The van der Waals surface area contributed by atoms with E-state index in [-0.39, 0.29) is 11.9 Å². The van der Waals surface area contributed by atoms with Gasteiger partial charge in [-0.15, -0.1) is 0 Å². The molecule has 0 spiro atoms. The van der Waals surface area contributed by atoms with E-state index in [0.29, 0.717) is 17.9 Å². The molecule has 1 aliphatic rings. The van der Waals surface area contributed by atoms with Crippen molar-refractivity contribution >= 4 is 5.82 Å². The predicted octanol–water partition coefficient (Wildman–Crippen LogP) is 2.09. The van der Waals surface area contributed by atoms with Crippen LogP contribution in [0.5, 0.6) is 5.75 Å². The number of rotatable bonds is 4. The van der Waals surface area contributed by atoms with Crippen molar-refractivity contribution in [2.45, 2.75) is 32.3 Å². The van der Waals surface area contributed by atoms with Gasteiger partial charge in [-0.1, -0.05) is 6.92 Å². The first-order chi connectivity index (χ1) is 7.20. The molecule has 1 saturated carbocycles. The highest BCUT2D eigenvalue weighted by molar-refractivity contribution is 5.40. The molecule has 0 bridgehead atoms. The molecule has 0 amide bonds. The first-order valence-corrected chi connectivity index (χ1v) is 5.01. The monoisotopic (exact) mass is 208 g/mol. The Balaban J connectivity index is 2.29. The largest absolute Gasteiger partial charge is 0.482 e. The Morgan fingerprint density at radius 3 is 2.87 bits per heavy atom. The van der Waals surface area contributed by atoms with Crippen LogP contribution < -0.4 is 4.74 Å². The van der Waals surface area contributed by atoms with Crippen LogP contribution in [0.25, 0.3) is 0 Å². The molecule has 5 nitrogen and oxygen atoms in total. The highest BCUT2D eigenvalue weighted by Crippen LogP contribution is 2.32. The predicted molar refractivity (Wildman–Crippen MR) is 53.9 cm³/mol. The average Bonchev–Trinajstić information content (AvgIpc) is 3.02. The zero-order valence-electron chi connectivity index (χ0n) is 8.47. The van der Waals surface area contributed by atoms with Gasteiger partial charge in [0.1, 0.15) is 0 Å².